The van der Waals surface area contributed by atoms with E-state index in [1.165, 1.54) is 12.1 Å². The number of ether oxygens (including phenoxy) is 1. The number of nitrogens with zero attached hydrogens (tertiary/aromatic N) is 2. The van der Waals surface area contributed by atoms with E-state index in [9.17, 15) is 9.18 Å². The second-order valence-corrected chi connectivity index (χ2v) is 5.84. The van der Waals surface area contributed by atoms with E-state index in [0.29, 0.717) is 14.6 Å². The maximum absolute atomic E-state index is 13.7. The van der Waals surface area contributed by atoms with Gasteiger partial charge in [0, 0.05) is 0 Å². The number of fused-ring (bicyclic) bond motifs is 1. The zero-order valence-corrected chi connectivity index (χ0v) is 12.4. The summed E-state index contributed by atoms with van der Waals surface area (Å²) < 4.78 is 20.4. The predicted octanol–water partition coefficient (Wildman–Crippen LogP) is 3.56. The second kappa shape index (κ2) is 4.49. The minimum Gasteiger partial charge on any atom is -0.442 e. The molecule has 0 unspecified atom stereocenters. The average molecular weight is 362 g/mol. The molecule has 0 saturated heterocycles. The van der Waals surface area contributed by atoms with Gasteiger partial charge in [-0.05, 0) is 55.5 Å². The third-order valence-corrected chi connectivity index (χ3v) is 2.94. The Kier molecular flexibility index (Phi) is 3.31. The Morgan fingerprint density at radius 1 is 1.44 bits per heavy atom. The lowest BCUT2D eigenvalue weighted by Gasteiger charge is -2.19. The number of carbonyl (C=O) groups excluding carboxylic acids is 1. The predicted molar refractivity (Wildman–Crippen MR) is 74.0 cm³/mol. The van der Waals surface area contributed by atoms with Gasteiger partial charge in [0.1, 0.15) is 15.1 Å². The van der Waals surface area contributed by atoms with E-state index in [2.05, 4.69) is 5.10 Å². The van der Waals surface area contributed by atoms with Crippen LogP contribution in [-0.4, -0.2) is 21.5 Å². The lowest BCUT2D eigenvalue weighted by Crippen LogP contribution is -2.27. The number of rotatable bonds is 0. The highest BCUT2D eigenvalue weighted by Crippen LogP contribution is 2.24. The lowest BCUT2D eigenvalue weighted by atomic mass is 10.2. The number of aromatic nitrogens is 2. The first-order valence-corrected chi connectivity index (χ1v) is 6.43. The Morgan fingerprint density at radius 3 is 2.72 bits per heavy atom. The molecule has 6 heteroatoms. The van der Waals surface area contributed by atoms with Crippen molar-refractivity contribution in [2.75, 3.05) is 0 Å². The fraction of sp³-hybridized carbons (Fsp3) is 0.333. The summed E-state index contributed by atoms with van der Waals surface area (Å²) in [7, 11) is 0. The molecule has 2 rings (SSSR count). The van der Waals surface area contributed by atoms with Crippen LogP contribution in [0.5, 0.6) is 0 Å². The van der Waals surface area contributed by atoms with Gasteiger partial charge >= 0.3 is 6.09 Å². The molecule has 1 aromatic heterocycles. The highest BCUT2D eigenvalue weighted by Gasteiger charge is 2.22. The van der Waals surface area contributed by atoms with E-state index in [1.807, 2.05) is 22.6 Å². The van der Waals surface area contributed by atoms with Crippen molar-refractivity contribution in [3.05, 3.63) is 27.7 Å². The summed E-state index contributed by atoms with van der Waals surface area (Å²) in [6.07, 6.45) is -0.610. The summed E-state index contributed by atoms with van der Waals surface area (Å²) >= 11 is 1.90. The molecule has 0 spiro atoms. The number of hydrogen-bond donors (Lipinski definition) is 0. The summed E-state index contributed by atoms with van der Waals surface area (Å²) in [6, 6.07) is 4.51. The quantitative estimate of drug-likeness (QED) is 0.674. The average Bonchev–Trinajstić information content (AvgIpc) is 2.55. The summed E-state index contributed by atoms with van der Waals surface area (Å²) in [5, 5.41) is 4.36. The number of hydrogen-bond acceptors (Lipinski definition) is 3. The monoisotopic (exact) mass is 362 g/mol. The topological polar surface area (TPSA) is 44.1 Å². The highest BCUT2D eigenvalue weighted by molar-refractivity contribution is 14.1. The van der Waals surface area contributed by atoms with E-state index < -0.39 is 17.5 Å². The molecule has 4 nitrogen and oxygen atoms in total. The second-order valence-electron chi connectivity index (χ2n) is 4.82. The Bertz CT molecular complexity index is 616. The van der Waals surface area contributed by atoms with Gasteiger partial charge in [-0.2, -0.15) is 9.78 Å². The zero-order chi connectivity index (χ0) is 13.5. The Balaban J connectivity index is 2.53. The molecular formula is C12H12FIN2O2. The van der Waals surface area contributed by atoms with Gasteiger partial charge in [0.25, 0.3) is 0 Å². The molecule has 96 valence electrons. The van der Waals surface area contributed by atoms with E-state index in [-0.39, 0.29) is 0 Å². The van der Waals surface area contributed by atoms with Crippen molar-refractivity contribution in [3.63, 3.8) is 0 Å². The molecule has 0 amide bonds. The molecule has 1 aromatic carbocycles. The van der Waals surface area contributed by atoms with E-state index in [0.717, 1.165) is 4.68 Å². The Hall–Kier alpha value is -1.18. The molecule has 0 fully saturated rings. The van der Waals surface area contributed by atoms with Crippen LogP contribution in [0, 0.1) is 9.52 Å². The van der Waals surface area contributed by atoms with E-state index in [1.54, 1.807) is 26.8 Å². The van der Waals surface area contributed by atoms with E-state index >= 15 is 0 Å². The molecular weight excluding hydrogens is 350 g/mol. The third kappa shape index (κ3) is 2.47. The number of carbonyl (C=O) groups is 1. The van der Waals surface area contributed by atoms with Crippen molar-refractivity contribution in [1.82, 2.24) is 9.78 Å². The molecule has 0 radical (unpaired) electrons. The van der Waals surface area contributed by atoms with Crippen LogP contribution in [0.3, 0.4) is 0 Å². The normalized spacial score (nSPS) is 11.8. The van der Waals surface area contributed by atoms with Crippen molar-refractivity contribution in [2.45, 2.75) is 26.4 Å². The minimum atomic E-state index is -0.617. The van der Waals surface area contributed by atoms with Gasteiger partial charge in [-0.25, -0.2) is 9.18 Å². The van der Waals surface area contributed by atoms with Gasteiger partial charge in [0.05, 0.1) is 10.9 Å². The molecule has 18 heavy (non-hydrogen) atoms. The molecule has 0 N–H and O–H groups in total. The first-order valence-electron chi connectivity index (χ1n) is 5.36. The maximum Gasteiger partial charge on any atom is 0.435 e. The van der Waals surface area contributed by atoms with Gasteiger partial charge < -0.3 is 4.74 Å². The van der Waals surface area contributed by atoms with Gasteiger partial charge in [-0.1, -0.05) is 6.07 Å². The minimum absolute atomic E-state index is 0.337. The molecule has 0 bridgehead atoms. The molecule has 2 aromatic rings. The molecule has 0 aliphatic rings. The summed E-state index contributed by atoms with van der Waals surface area (Å²) in [5.41, 5.74) is -0.206. The van der Waals surface area contributed by atoms with Crippen molar-refractivity contribution < 1.29 is 13.9 Å². The fourth-order valence-corrected chi connectivity index (χ4v) is 2.28. The molecule has 1 heterocycles. The summed E-state index contributed by atoms with van der Waals surface area (Å²) in [6.45, 7) is 5.30. The van der Waals surface area contributed by atoms with Crippen LogP contribution in [0.4, 0.5) is 9.18 Å². The van der Waals surface area contributed by atoms with Crippen molar-refractivity contribution >= 4 is 39.6 Å². The number of benzene rings is 1. The smallest absolute Gasteiger partial charge is 0.435 e. The van der Waals surface area contributed by atoms with E-state index in [4.69, 9.17) is 4.74 Å². The zero-order valence-electron chi connectivity index (χ0n) is 10.2. The fourth-order valence-electron chi connectivity index (χ4n) is 1.53. The van der Waals surface area contributed by atoms with Crippen LogP contribution in [0.25, 0.3) is 10.9 Å². The van der Waals surface area contributed by atoms with Crippen LogP contribution >= 0.6 is 22.6 Å². The first kappa shape index (κ1) is 13.3. The molecule has 0 atom stereocenters. The lowest BCUT2D eigenvalue weighted by molar-refractivity contribution is 0.0522. The number of halogens is 2. The first-order chi connectivity index (χ1) is 8.29. The largest absolute Gasteiger partial charge is 0.442 e. The summed E-state index contributed by atoms with van der Waals surface area (Å²) in [5.74, 6) is -0.397. The standard InChI is InChI=1S/C12H12FIN2O2/c1-12(2,3)18-11(17)16-8-6-4-5-7(13)9(8)10(14)15-16/h4-6H,1-3H3. The highest BCUT2D eigenvalue weighted by atomic mass is 127. The molecule has 0 aliphatic heterocycles. The maximum atomic E-state index is 13.7. The molecule has 0 saturated carbocycles. The van der Waals surface area contributed by atoms with Gasteiger partial charge in [0.15, 0.2) is 0 Å². The Labute approximate surface area is 117 Å². The van der Waals surface area contributed by atoms with Crippen molar-refractivity contribution in [2.24, 2.45) is 0 Å². The van der Waals surface area contributed by atoms with Crippen molar-refractivity contribution in [1.29, 1.82) is 0 Å². The SMILES string of the molecule is CC(C)(C)OC(=O)n1nc(I)c2c(F)cccc21. The van der Waals surface area contributed by atoms with Gasteiger partial charge in [0.2, 0.25) is 0 Å². The van der Waals surface area contributed by atoms with Crippen LogP contribution in [-0.2, 0) is 4.74 Å². The van der Waals surface area contributed by atoms with Crippen LogP contribution in [0.2, 0.25) is 0 Å². The summed E-state index contributed by atoms with van der Waals surface area (Å²) in [4.78, 5) is 12.0. The Morgan fingerprint density at radius 2 is 2.11 bits per heavy atom. The third-order valence-electron chi connectivity index (χ3n) is 2.18. The van der Waals surface area contributed by atoms with Crippen molar-refractivity contribution in [3.8, 4) is 0 Å². The molecule has 0 aliphatic carbocycles. The van der Waals surface area contributed by atoms with Crippen LogP contribution < -0.4 is 0 Å². The van der Waals surface area contributed by atoms with Crippen LogP contribution in [0.1, 0.15) is 20.8 Å². The van der Waals surface area contributed by atoms with Gasteiger partial charge in [-0.3, -0.25) is 0 Å². The van der Waals surface area contributed by atoms with Crippen LogP contribution in [0.15, 0.2) is 18.2 Å². The van der Waals surface area contributed by atoms with Gasteiger partial charge in [-0.15, -0.1) is 0 Å².